The molecule has 5 nitrogen and oxygen atoms in total. The second-order valence-electron chi connectivity index (χ2n) is 3.62. The molecule has 0 aliphatic rings. The molecule has 0 aliphatic heterocycles. The molecule has 1 heterocycles. The van der Waals surface area contributed by atoms with Gasteiger partial charge >= 0.3 is 11.9 Å². The summed E-state index contributed by atoms with van der Waals surface area (Å²) in [6, 6.07) is 9.99. The number of carbonyl (C=O) groups excluding carboxylic acids is 2. The van der Waals surface area contributed by atoms with Crippen molar-refractivity contribution >= 4 is 11.9 Å². The third-order valence-corrected chi connectivity index (χ3v) is 2.40. The van der Waals surface area contributed by atoms with Crippen LogP contribution in [0.25, 0.3) is 0 Å². The van der Waals surface area contributed by atoms with E-state index >= 15 is 0 Å². The number of nitrogens with zero attached hydrogens (tertiary/aromatic N) is 1. The average molecular weight is 257 g/mol. The lowest BCUT2D eigenvalue weighted by atomic mass is 10.1. The van der Waals surface area contributed by atoms with Crippen molar-refractivity contribution in [3.8, 4) is 5.75 Å². The minimum absolute atomic E-state index is 0.0678. The first-order valence-corrected chi connectivity index (χ1v) is 5.52. The second-order valence-corrected chi connectivity index (χ2v) is 3.62. The maximum absolute atomic E-state index is 12.0. The molecule has 1 aromatic carbocycles. The fraction of sp³-hybridized carbons (Fsp3) is 0.0714. The normalized spacial score (nSPS) is 9.74. The quantitative estimate of drug-likeness (QED) is 0.622. The van der Waals surface area contributed by atoms with Crippen LogP contribution in [0.1, 0.15) is 20.7 Å². The van der Waals surface area contributed by atoms with Gasteiger partial charge in [0, 0.05) is 12.4 Å². The lowest BCUT2D eigenvalue weighted by Gasteiger charge is -2.07. The van der Waals surface area contributed by atoms with E-state index in [1.54, 1.807) is 30.3 Å². The minimum atomic E-state index is -0.653. The number of para-hydroxylation sites is 1. The van der Waals surface area contributed by atoms with E-state index in [-0.39, 0.29) is 11.1 Å². The lowest BCUT2D eigenvalue weighted by Crippen LogP contribution is -2.15. The van der Waals surface area contributed by atoms with Crippen molar-refractivity contribution in [2.24, 2.45) is 0 Å². The van der Waals surface area contributed by atoms with E-state index in [9.17, 15) is 9.59 Å². The van der Waals surface area contributed by atoms with Gasteiger partial charge in [0.25, 0.3) is 0 Å². The van der Waals surface area contributed by atoms with Gasteiger partial charge < -0.3 is 9.47 Å². The van der Waals surface area contributed by atoms with E-state index in [0.29, 0.717) is 5.75 Å². The molecule has 0 aliphatic carbocycles. The number of rotatable bonds is 3. The first-order valence-electron chi connectivity index (χ1n) is 5.52. The number of esters is 2. The van der Waals surface area contributed by atoms with Gasteiger partial charge in [-0.15, -0.1) is 0 Å². The lowest BCUT2D eigenvalue weighted by molar-refractivity contribution is 0.0587. The third kappa shape index (κ3) is 2.95. The van der Waals surface area contributed by atoms with E-state index in [4.69, 9.17) is 4.74 Å². The van der Waals surface area contributed by atoms with Gasteiger partial charge in [0.2, 0.25) is 0 Å². The molecule has 0 spiro atoms. The van der Waals surface area contributed by atoms with Crippen molar-refractivity contribution < 1.29 is 19.1 Å². The summed E-state index contributed by atoms with van der Waals surface area (Å²) in [4.78, 5) is 27.3. The van der Waals surface area contributed by atoms with Crippen LogP contribution in [0.3, 0.4) is 0 Å². The summed E-state index contributed by atoms with van der Waals surface area (Å²) in [6.45, 7) is 0. The SMILES string of the molecule is COC(=O)c1ccncc1C(=O)Oc1ccccc1. The Balaban J connectivity index is 2.27. The van der Waals surface area contributed by atoms with Crippen LogP contribution in [-0.4, -0.2) is 24.0 Å². The van der Waals surface area contributed by atoms with Crippen molar-refractivity contribution in [2.45, 2.75) is 0 Å². The van der Waals surface area contributed by atoms with Gasteiger partial charge in [-0.2, -0.15) is 0 Å². The van der Waals surface area contributed by atoms with Crippen LogP contribution < -0.4 is 4.74 Å². The fourth-order valence-corrected chi connectivity index (χ4v) is 1.50. The van der Waals surface area contributed by atoms with Gasteiger partial charge in [0.05, 0.1) is 18.2 Å². The Labute approximate surface area is 109 Å². The summed E-state index contributed by atoms with van der Waals surface area (Å²) in [5.41, 5.74) is 0.191. The van der Waals surface area contributed by atoms with E-state index in [2.05, 4.69) is 9.72 Å². The summed E-state index contributed by atoms with van der Waals surface area (Å²) in [6.07, 6.45) is 2.68. The van der Waals surface area contributed by atoms with Crippen molar-refractivity contribution in [3.63, 3.8) is 0 Å². The molecule has 0 unspecified atom stereocenters. The van der Waals surface area contributed by atoms with Gasteiger partial charge in [-0.25, -0.2) is 9.59 Å². The first kappa shape index (κ1) is 12.8. The highest BCUT2D eigenvalue weighted by atomic mass is 16.5. The van der Waals surface area contributed by atoms with Gasteiger partial charge in [-0.3, -0.25) is 4.98 Å². The molecule has 0 atom stereocenters. The summed E-state index contributed by atoms with van der Waals surface area (Å²) in [7, 11) is 1.25. The highest BCUT2D eigenvalue weighted by Gasteiger charge is 2.19. The van der Waals surface area contributed by atoms with Gasteiger partial charge in [-0.05, 0) is 18.2 Å². The second kappa shape index (κ2) is 5.77. The summed E-state index contributed by atoms with van der Waals surface area (Å²) in [5.74, 6) is -0.866. The Bertz CT molecular complexity index is 595. The fourth-order valence-electron chi connectivity index (χ4n) is 1.50. The monoisotopic (exact) mass is 257 g/mol. The van der Waals surface area contributed by atoms with Crippen molar-refractivity contribution in [1.82, 2.24) is 4.98 Å². The van der Waals surface area contributed by atoms with E-state index in [1.165, 1.54) is 25.6 Å². The molecular formula is C14H11NO4. The number of pyridine rings is 1. The van der Waals surface area contributed by atoms with Crippen molar-refractivity contribution in [3.05, 3.63) is 59.9 Å². The number of hydrogen-bond acceptors (Lipinski definition) is 5. The Morgan fingerprint density at radius 2 is 1.74 bits per heavy atom. The zero-order valence-corrected chi connectivity index (χ0v) is 10.2. The molecule has 2 aromatic rings. The van der Waals surface area contributed by atoms with Crippen LogP contribution in [0.2, 0.25) is 0 Å². The van der Waals surface area contributed by atoms with Crippen LogP contribution in [0.4, 0.5) is 0 Å². The molecule has 0 saturated heterocycles. The first-order chi connectivity index (χ1) is 9.22. The maximum Gasteiger partial charge on any atom is 0.345 e. The number of ether oxygens (including phenoxy) is 2. The smallest absolute Gasteiger partial charge is 0.345 e. The number of methoxy groups -OCH3 is 1. The number of benzene rings is 1. The standard InChI is InChI=1S/C14H11NO4/c1-18-13(16)11-7-8-15-9-12(11)14(17)19-10-5-3-2-4-6-10/h2-9H,1H3. The molecule has 0 radical (unpaired) electrons. The zero-order chi connectivity index (χ0) is 13.7. The molecular weight excluding hydrogens is 246 g/mol. The number of hydrogen-bond donors (Lipinski definition) is 0. The maximum atomic E-state index is 12.0. The zero-order valence-electron chi connectivity index (χ0n) is 10.2. The van der Waals surface area contributed by atoms with Gasteiger partial charge in [-0.1, -0.05) is 18.2 Å². The largest absolute Gasteiger partial charge is 0.465 e. The predicted octanol–water partition coefficient (Wildman–Crippen LogP) is 2.09. The molecule has 0 fully saturated rings. The van der Waals surface area contributed by atoms with Gasteiger partial charge in [0.1, 0.15) is 5.75 Å². The Hall–Kier alpha value is -2.69. The predicted molar refractivity (Wildman–Crippen MR) is 67.0 cm³/mol. The van der Waals surface area contributed by atoms with Crippen LogP contribution in [-0.2, 0) is 4.74 Å². The third-order valence-electron chi connectivity index (χ3n) is 2.40. The highest BCUT2D eigenvalue weighted by Crippen LogP contribution is 2.14. The van der Waals surface area contributed by atoms with E-state index < -0.39 is 11.9 Å². The number of carbonyl (C=O) groups is 2. The Kier molecular flexibility index (Phi) is 3.87. The summed E-state index contributed by atoms with van der Waals surface area (Å²) in [5, 5.41) is 0. The molecule has 0 amide bonds. The summed E-state index contributed by atoms with van der Waals surface area (Å²) < 4.78 is 9.75. The molecule has 5 heteroatoms. The molecule has 0 bridgehead atoms. The van der Waals surface area contributed by atoms with E-state index in [1.807, 2.05) is 0 Å². The van der Waals surface area contributed by atoms with Crippen molar-refractivity contribution in [1.29, 1.82) is 0 Å². The minimum Gasteiger partial charge on any atom is -0.465 e. The van der Waals surface area contributed by atoms with Crippen LogP contribution in [0.15, 0.2) is 48.8 Å². The Morgan fingerprint density at radius 3 is 2.42 bits per heavy atom. The topological polar surface area (TPSA) is 65.5 Å². The van der Waals surface area contributed by atoms with Crippen LogP contribution in [0, 0.1) is 0 Å². The molecule has 0 saturated carbocycles. The molecule has 0 N–H and O–H groups in total. The van der Waals surface area contributed by atoms with E-state index in [0.717, 1.165) is 0 Å². The molecule has 2 rings (SSSR count). The highest BCUT2D eigenvalue weighted by molar-refractivity contribution is 6.03. The average Bonchev–Trinajstić information content (AvgIpc) is 2.47. The Morgan fingerprint density at radius 1 is 1.00 bits per heavy atom. The van der Waals surface area contributed by atoms with Crippen LogP contribution >= 0.6 is 0 Å². The number of aromatic nitrogens is 1. The van der Waals surface area contributed by atoms with Gasteiger partial charge in [0.15, 0.2) is 0 Å². The molecule has 1 aromatic heterocycles. The molecule has 96 valence electrons. The van der Waals surface area contributed by atoms with Crippen LogP contribution in [0.5, 0.6) is 5.75 Å². The van der Waals surface area contributed by atoms with Crippen molar-refractivity contribution in [2.75, 3.05) is 7.11 Å². The summed E-state index contributed by atoms with van der Waals surface area (Å²) >= 11 is 0. The molecule has 19 heavy (non-hydrogen) atoms.